The van der Waals surface area contributed by atoms with Gasteiger partial charge in [-0.05, 0) is 18.2 Å². The summed E-state index contributed by atoms with van der Waals surface area (Å²) in [4.78, 5) is 0.284. The smallest absolute Gasteiger partial charge is 0.243 e. The van der Waals surface area contributed by atoms with E-state index >= 15 is 0 Å². The molecule has 2 heterocycles. The maximum Gasteiger partial charge on any atom is 0.243 e. The molecule has 0 radical (unpaired) electrons. The van der Waals surface area contributed by atoms with Gasteiger partial charge in [0.25, 0.3) is 0 Å². The average molecular weight is 273 g/mol. The van der Waals surface area contributed by atoms with Crippen LogP contribution in [0, 0.1) is 5.41 Å². The first-order chi connectivity index (χ1) is 8.02. The highest BCUT2D eigenvalue weighted by atomic mass is 35.5. The standard InChI is InChI=1S/C11H13ClN2O2S/c12-9-2-1-3-10(4-9)17(15,16)14-7-11(8-14)5-13-6-11/h1-4,13H,5-8H2. The molecule has 0 aliphatic carbocycles. The van der Waals surface area contributed by atoms with Gasteiger partial charge < -0.3 is 5.32 Å². The largest absolute Gasteiger partial charge is 0.315 e. The van der Waals surface area contributed by atoms with Gasteiger partial charge in [-0.2, -0.15) is 4.31 Å². The topological polar surface area (TPSA) is 49.4 Å². The summed E-state index contributed by atoms with van der Waals surface area (Å²) >= 11 is 5.82. The first-order valence-electron chi connectivity index (χ1n) is 5.48. The Morgan fingerprint density at radius 1 is 1.29 bits per heavy atom. The molecule has 2 saturated heterocycles. The molecule has 0 atom stereocenters. The number of nitrogens with zero attached hydrogens (tertiary/aromatic N) is 1. The number of halogens is 1. The molecule has 92 valence electrons. The monoisotopic (exact) mass is 272 g/mol. The summed E-state index contributed by atoms with van der Waals surface area (Å²) in [6.45, 7) is 3.09. The number of benzene rings is 1. The minimum atomic E-state index is -3.35. The first kappa shape index (κ1) is 11.5. The molecule has 2 aliphatic heterocycles. The molecule has 1 spiro atoms. The fourth-order valence-electron chi connectivity index (χ4n) is 2.35. The van der Waals surface area contributed by atoms with E-state index in [9.17, 15) is 8.42 Å². The quantitative estimate of drug-likeness (QED) is 0.872. The van der Waals surface area contributed by atoms with Gasteiger partial charge in [-0.3, -0.25) is 0 Å². The SMILES string of the molecule is O=S(=O)(c1cccc(Cl)c1)N1CC2(CNC2)C1. The third kappa shape index (κ3) is 1.78. The molecule has 4 nitrogen and oxygen atoms in total. The van der Waals surface area contributed by atoms with Crippen molar-refractivity contribution in [3.8, 4) is 0 Å². The predicted molar refractivity (Wildman–Crippen MR) is 65.5 cm³/mol. The zero-order valence-electron chi connectivity index (χ0n) is 9.19. The number of nitrogens with one attached hydrogen (secondary N) is 1. The summed E-state index contributed by atoms with van der Waals surface area (Å²) in [6.07, 6.45) is 0. The fraction of sp³-hybridized carbons (Fsp3) is 0.455. The van der Waals surface area contributed by atoms with Gasteiger partial charge >= 0.3 is 0 Å². The molecule has 3 rings (SSSR count). The van der Waals surface area contributed by atoms with Crippen LogP contribution in [-0.2, 0) is 10.0 Å². The molecule has 1 aromatic rings. The van der Waals surface area contributed by atoms with E-state index in [0.717, 1.165) is 13.1 Å². The van der Waals surface area contributed by atoms with Crippen LogP contribution in [0.5, 0.6) is 0 Å². The van der Waals surface area contributed by atoms with Crippen LogP contribution in [0.25, 0.3) is 0 Å². The molecule has 0 unspecified atom stereocenters. The summed E-state index contributed by atoms with van der Waals surface area (Å²) in [6, 6.07) is 6.43. The Morgan fingerprint density at radius 3 is 2.53 bits per heavy atom. The van der Waals surface area contributed by atoms with E-state index in [0.29, 0.717) is 18.1 Å². The Bertz CT molecular complexity index is 546. The van der Waals surface area contributed by atoms with Gasteiger partial charge in [0.1, 0.15) is 0 Å². The number of hydrogen-bond acceptors (Lipinski definition) is 3. The van der Waals surface area contributed by atoms with Crippen molar-refractivity contribution in [1.29, 1.82) is 0 Å². The fourth-order valence-corrected chi connectivity index (χ4v) is 4.32. The summed E-state index contributed by atoms with van der Waals surface area (Å²) in [5.41, 5.74) is 0.200. The highest BCUT2D eigenvalue weighted by molar-refractivity contribution is 7.89. The van der Waals surface area contributed by atoms with Crippen LogP contribution in [0.3, 0.4) is 0 Å². The molecule has 6 heteroatoms. The van der Waals surface area contributed by atoms with E-state index in [1.54, 1.807) is 18.2 Å². The second kappa shape index (κ2) is 3.68. The Hall–Kier alpha value is -0.620. The van der Waals surface area contributed by atoms with Crippen LogP contribution in [0.15, 0.2) is 29.2 Å². The lowest BCUT2D eigenvalue weighted by Crippen LogP contribution is -2.71. The minimum Gasteiger partial charge on any atom is -0.315 e. The van der Waals surface area contributed by atoms with Gasteiger partial charge in [0.2, 0.25) is 10.0 Å². The van der Waals surface area contributed by atoms with Gasteiger partial charge in [0.15, 0.2) is 0 Å². The molecule has 0 bridgehead atoms. The molecule has 0 saturated carbocycles. The highest BCUT2D eigenvalue weighted by Crippen LogP contribution is 2.37. The van der Waals surface area contributed by atoms with E-state index in [2.05, 4.69) is 5.32 Å². The highest BCUT2D eigenvalue weighted by Gasteiger charge is 2.51. The molecule has 2 fully saturated rings. The van der Waals surface area contributed by atoms with Crippen LogP contribution in [0.4, 0.5) is 0 Å². The van der Waals surface area contributed by atoms with Gasteiger partial charge in [-0.15, -0.1) is 0 Å². The van der Waals surface area contributed by atoms with Crippen LogP contribution >= 0.6 is 11.6 Å². The van der Waals surface area contributed by atoms with Gasteiger partial charge in [-0.1, -0.05) is 17.7 Å². The predicted octanol–water partition coefficient (Wildman–Crippen LogP) is 0.934. The summed E-state index contributed by atoms with van der Waals surface area (Å²) < 4.78 is 26.0. The zero-order valence-corrected chi connectivity index (χ0v) is 10.8. The van der Waals surface area contributed by atoms with Gasteiger partial charge in [-0.25, -0.2) is 8.42 Å². The van der Waals surface area contributed by atoms with E-state index < -0.39 is 10.0 Å². The van der Waals surface area contributed by atoms with Crippen molar-refractivity contribution >= 4 is 21.6 Å². The van der Waals surface area contributed by atoms with Crippen molar-refractivity contribution in [3.63, 3.8) is 0 Å². The summed E-state index contributed by atoms with van der Waals surface area (Å²) in [5, 5.41) is 3.63. The lowest BCUT2D eigenvalue weighted by molar-refractivity contribution is 0.0164. The zero-order chi connectivity index (χ0) is 12.1. The summed E-state index contributed by atoms with van der Waals surface area (Å²) in [5.74, 6) is 0. The Morgan fingerprint density at radius 2 is 2.00 bits per heavy atom. The summed E-state index contributed by atoms with van der Waals surface area (Å²) in [7, 11) is -3.35. The molecule has 17 heavy (non-hydrogen) atoms. The van der Waals surface area contributed by atoms with Crippen LogP contribution in [-0.4, -0.2) is 38.9 Å². The van der Waals surface area contributed by atoms with Crippen LogP contribution in [0.2, 0.25) is 5.02 Å². The second-order valence-electron chi connectivity index (χ2n) is 4.83. The number of rotatable bonds is 2. The van der Waals surface area contributed by atoms with E-state index in [1.807, 2.05) is 0 Å². The minimum absolute atomic E-state index is 0.200. The maximum atomic E-state index is 12.2. The van der Waals surface area contributed by atoms with Crippen molar-refractivity contribution in [2.45, 2.75) is 4.90 Å². The number of sulfonamides is 1. The van der Waals surface area contributed by atoms with E-state index in [1.165, 1.54) is 10.4 Å². The molecular formula is C11H13ClN2O2S. The maximum absolute atomic E-state index is 12.2. The van der Waals surface area contributed by atoms with Crippen molar-refractivity contribution < 1.29 is 8.42 Å². The molecule has 1 aromatic carbocycles. The molecular weight excluding hydrogens is 260 g/mol. The van der Waals surface area contributed by atoms with Crippen LogP contribution in [0.1, 0.15) is 0 Å². The van der Waals surface area contributed by atoms with E-state index in [-0.39, 0.29) is 10.3 Å². The van der Waals surface area contributed by atoms with Crippen molar-refractivity contribution in [2.75, 3.05) is 26.2 Å². The Balaban J connectivity index is 1.83. The normalized spacial score (nSPS) is 23.1. The van der Waals surface area contributed by atoms with Gasteiger partial charge in [0, 0.05) is 36.6 Å². The van der Waals surface area contributed by atoms with Crippen molar-refractivity contribution in [2.24, 2.45) is 5.41 Å². The van der Waals surface area contributed by atoms with Crippen LogP contribution < -0.4 is 5.32 Å². The van der Waals surface area contributed by atoms with Crippen molar-refractivity contribution in [3.05, 3.63) is 29.3 Å². The molecule has 0 aromatic heterocycles. The average Bonchev–Trinajstić information content (AvgIpc) is 2.12. The first-order valence-corrected chi connectivity index (χ1v) is 7.30. The lowest BCUT2D eigenvalue weighted by Gasteiger charge is -2.55. The van der Waals surface area contributed by atoms with Crippen molar-refractivity contribution in [1.82, 2.24) is 9.62 Å². The molecule has 2 aliphatic rings. The molecule has 0 amide bonds. The lowest BCUT2D eigenvalue weighted by atomic mass is 9.76. The third-order valence-corrected chi connectivity index (χ3v) is 5.48. The Labute approximate surface area is 106 Å². The van der Waals surface area contributed by atoms with E-state index in [4.69, 9.17) is 11.6 Å². The Kier molecular flexibility index (Phi) is 2.49. The third-order valence-electron chi connectivity index (χ3n) is 3.46. The van der Waals surface area contributed by atoms with Gasteiger partial charge in [0.05, 0.1) is 4.90 Å². The number of hydrogen-bond donors (Lipinski definition) is 1. The molecule has 1 N–H and O–H groups in total. The second-order valence-corrected chi connectivity index (χ2v) is 7.21.